The highest BCUT2D eigenvalue weighted by Crippen LogP contribution is 2.21. The van der Waals surface area contributed by atoms with Crippen LogP contribution in [-0.4, -0.2) is 25.1 Å². The van der Waals surface area contributed by atoms with Crippen molar-refractivity contribution in [3.63, 3.8) is 0 Å². The Bertz CT molecular complexity index is 492. The summed E-state index contributed by atoms with van der Waals surface area (Å²) in [6.07, 6.45) is 2.18. The minimum absolute atomic E-state index is 0.711. The van der Waals surface area contributed by atoms with Crippen LogP contribution >= 0.6 is 0 Å². The molecule has 0 atom stereocenters. The molecule has 0 amide bonds. The van der Waals surface area contributed by atoms with Crippen LogP contribution in [0.4, 0.5) is 5.69 Å². The number of rotatable bonds is 5. The van der Waals surface area contributed by atoms with Crippen molar-refractivity contribution in [2.24, 2.45) is 5.73 Å². The third-order valence-electron chi connectivity index (χ3n) is 2.87. The quantitative estimate of drug-likeness (QED) is 0.805. The molecule has 1 heterocycles. The fourth-order valence-electron chi connectivity index (χ4n) is 1.89. The highest BCUT2D eigenvalue weighted by molar-refractivity contribution is 5.77. The molecule has 0 aliphatic rings. The van der Waals surface area contributed by atoms with Crippen LogP contribution in [0, 0.1) is 6.92 Å². The summed E-state index contributed by atoms with van der Waals surface area (Å²) < 4.78 is 5.45. The normalized spacial score (nSPS) is 11.0. The topological polar surface area (TPSA) is 55.3 Å². The molecule has 0 radical (unpaired) electrons. The molecule has 17 heavy (non-hydrogen) atoms. The lowest BCUT2D eigenvalue weighted by Gasteiger charge is -2.18. The lowest BCUT2D eigenvalue weighted by Crippen LogP contribution is -2.19. The van der Waals surface area contributed by atoms with Crippen LogP contribution in [0.3, 0.4) is 0 Å². The van der Waals surface area contributed by atoms with Gasteiger partial charge in [0, 0.05) is 26.2 Å². The van der Waals surface area contributed by atoms with Crippen LogP contribution in [0.15, 0.2) is 22.6 Å². The Morgan fingerprint density at radius 2 is 2.18 bits per heavy atom. The highest BCUT2D eigenvalue weighted by atomic mass is 16.3. The molecule has 1 aromatic carbocycles. The Hall–Kier alpha value is -1.55. The second-order valence-electron chi connectivity index (χ2n) is 4.30. The molecule has 1 aromatic heterocycles. The zero-order valence-electron chi connectivity index (χ0n) is 10.4. The van der Waals surface area contributed by atoms with Gasteiger partial charge >= 0.3 is 0 Å². The van der Waals surface area contributed by atoms with Crippen LogP contribution in [0.5, 0.6) is 0 Å². The van der Waals surface area contributed by atoms with Gasteiger partial charge in [0.2, 0.25) is 0 Å². The summed E-state index contributed by atoms with van der Waals surface area (Å²) >= 11 is 0. The number of anilines is 1. The lowest BCUT2D eigenvalue weighted by molar-refractivity contribution is 0.561. The van der Waals surface area contributed by atoms with Crippen molar-refractivity contribution >= 4 is 16.8 Å². The summed E-state index contributed by atoms with van der Waals surface area (Å²) in [6.45, 7) is 3.64. The number of unbranched alkanes of at least 4 members (excludes halogenated alkanes) is 1. The molecule has 0 unspecified atom stereocenters. The van der Waals surface area contributed by atoms with Gasteiger partial charge in [0.1, 0.15) is 5.52 Å². The Labute approximate surface area is 101 Å². The molecule has 0 saturated heterocycles. The van der Waals surface area contributed by atoms with Gasteiger partial charge in [-0.15, -0.1) is 0 Å². The van der Waals surface area contributed by atoms with E-state index in [0.29, 0.717) is 5.89 Å². The molecular formula is C13H19N3O. The van der Waals surface area contributed by atoms with Gasteiger partial charge in [-0.1, -0.05) is 0 Å². The van der Waals surface area contributed by atoms with Gasteiger partial charge in [-0.25, -0.2) is 4.98 Å². The van der Waals surface area contributed by atoms with E-state index >= 15 is 0 Å². The highest BCUT2D eigenvalue weighted by Gasteiger charge is 2.05. The van der Waals surface area contributed by atoms with Crippen molar-refractivity contribution in [3.05, 3.63) is 24.1 Å². The van der Waals surface area contributed by atoms with Crippen LogP contribution in [0.25, 0.3) is 11.1 Å². The van der Waals surface area contributed by atoms with Gasteiger partial charge in [-0.2, -0.15) is 0 Å². The maximum atomic E-state index is 5.49. The van der Waals surface area contributed by atoms with Gasteiger partial charge < -0.3 is 15.1 Å². The van der Waals surface area contributed by atoms with Crippen molar-refractivity contribution in [1.82, 2.24) is 4.98 Å². The summed E-state index contributed by atoms with van der Waals surface area (Å²) in [5.41, 5.74) is 8.43. The summed E-state index contributed by atoms with van der Waals surface area (Å²) in [6, 6.07) is 6.10. The fourth-order valence-corrected chi connectivity index (χ4v) is 1.89. The van der Waals surface area contributed by atoms with Crippen molar-refractivity contribution in [2.45, 2.75) is 19.8 Å². The summed E-state index contributed by atoms with van der Waals surface area (Å²) in [7, 11) is 2.09. The molecule has 0 bridgehead atoms. The molecule has 2 N–H and O–H groups in total. The number of oxazole rings is 1. The molecule has 92 valence electrons. The van der Waals surface area contributed by atoms with E-state index in [-0.39, 0.29) is 0 Å². The fraction of sp³-hybridized carbons (Fsp3) is 0.462. The average Bonchev–Trinajstić information content (AvgIpc) is 2.68. The van der Waals surface area contributed by atoms with Gasteiger partial charge in [0.25, 0.3) is 0 Å². The first-order valence-electron chi connectivity index (χ1n) is 5.99. The van der Waals surface area contributed by atoms with Gasteiger partial charge in [0.15, 0.2) is 11.5 Å². The Morgan fingerprint density at radius 1 is 1.35 bits per heavy atom. The zero-order chi connectivity index (χ0) is 12.3. The lowest BCUT2D eigenvalue weighted by atomic mass is 10.2. The number of benzene rings is 1. The molecular weight excluding hydrogens is 214 g/mol. The van der Waals surface area contributed by atoms with E-state index in [9.17, 15) is 0 Å². The first-order chi connectivity index (χ1) is 8.20. The molecule has 2 aromatic rings. The number of aryl methyl sites for hydroxylation is 1. The van der Waals surface area contributed by atoms with E-state index < -0.39 is 0 Å². The first-order valence-corrected chi connectivity index (χ1v) is 5.99. The Balaban J connectivity index is 2.12. The monoisotopic (exact) mass is 233 g/mol. The number of nitrogens with zero attached hydrogens (tertiary/aromatic N) is 2. The van der Waals surface area contributed by atoms with Crippen molar-refractivity contribution in [3.8, 4) is 0 Å². The van der Waals surface area contributed by atoms with E-state index in [1.54, 1.807) is 0 Å². The molecule has 0 saturated carbocycles. The van der Waals surface area contributed by atoms with Gasteiger partial charge in [-0.05, 0) is 37.6 Å². The van der Waals surface area contributed by atoms with E-state index in [2.05, 4.69) is 29.1 Å². The van der Waals surface area contributed by atoms with Crippen LogP contribution in [-0.2, 0) is 0 Å². The van der Waals surface area contributed by atoms with Crippen molar-refractivity contribution in [1.29, 1.82) is 0 Å². The predicted molar refractivity (Wildman–Crippen MR) is 70.3 cm³/mol. The average molecular weight is 233 g/mol. The first kappa shape index (κ1) is 11.9. The van der Waals surface area contributed by atoms with Crippen molar-refractivity contribution in [2.75, 3.05) is 25.0 Å². The third kappa shape index (κ3) is 2.77. The maximum absolute atomic E-state index is 5.49. The predicted octanol–water partition coefficient (Wildman–Crippen LogP) is 2.31. The van der Waals surface area contributed by atoms with Crippen LogP contribution in [0.2, 0.25) is 0 Å². The number of hydrogen-bond acceptors (Lipinski definition) is 4. The smallest absolute Gasteiger partial charge is 0.192 e. The Kier molecular flexibility index (Phi) is 3.64. The molecule has 0 fully saturated rings. The van der Waals surface area contributed by atoms with Crippen LogP contribution < -0.4 is 10.6 Å². The van der Waals surface area contributed by atoms with E-state index in [1.165, 1.54) is 5.69 Å². The van der Waals surface area contributed by atoms with E-state index in [0.717, 1.165) is 37.0 Å². The number of fused-ring (bicyclic) bond motifs is 1. The molecule has 0 spiro atoms. The zero-order valence-corrected chi connectivity index (χ0v) is 10.4. The summed E-state index contributed by atoms with van der Waals surface area (Å²) in [5, 5.41) is 0. The minimum atomic E-state index is 0.711. The van der Waals surface area contributed by atoms with E-state index in [4.69, 9.17) is 10.2 Å². The standard InChI is InChI=1S/C13H19N3O/c1-10-15-12-9-11(5-6-13(12)17-10)16(2)8-4-3-7-14/h5-6,9H,3-4,7-8,14H2,1-2H3. The summed E-state index contributed by atoms with van der Waals surface area (Å²) in [5.74, 6) is 0.711. The molecule has 0 aliphatic carbocycles. The molecule has 2 rings (SSSR count). The van der Waals surface area contributed by atoms with Crippen LogP contribution in [0.1, 0.15) is 18.7 Å². The molecule has 4 nitrogen and oxygen atoms in total. The number of nitrogens with two attached hydrogens (primary N) is 1. The molecule has 4 heteroatoms. The second kappa shape index (κ2) is 5.19. The summed E-state index contributed by atoms with van der Waals surface area (Å²) in [4.78, 5) is 6.56. The third-order valence-corrected chi connectivity index (χ3v) is 2.87. The van der Waals surface area contributed by atoms with Gasteiger partial charge in [-0.3, -0.25) is 0 Å². The SMILES string of the molecule is Cc1nc2cc(N(C)CCCCN)ccc2o1. The molecule has 0 aliphatic heterocycles. The number of aromatic nitrogens is 1. The number of hydrogen-bond donors (Lipinski definition) is 1. The van der Waals surface area contributed by atoms with Crippen molar-refractivity contribution < 1.29 is 4.42 Å². The second-order valence-corrected chi connectivity index (χ2v) is 4.30. The van der Waals surface area contributed by atoms with Gasteiger partial charge in [0.05, 0.1) is 0 Å². The minimum Gasteiger partial charge on any atom is -0.441 e. The maximum Gasteiger partial charge on any atom is 0.192 e. The Morgan fingerprint density at radius 3 is 2.94 bits per heavy atom. The van der Waals surface area contributed by atoms with E-state index in [1.807, 2.05) is 13.0 Å². The largest absolute Gasteiger partial charge is 0.441 e.